The lowest BCUT2D eigenvalue weighted by Gasteiger charge is -2.30. The Kier molecular flexibility index (Phi) is 6.07. The Morgan fingerprint density at radius 1 is 1.20 bits per heavy atom. The molecule has 2 heterocycles. The van der Waals surface area contributed by atoms with E-state index in [1.807, 2.05) is 49.4 Å². The van der Waals surface area contributed by atoms with Crippen LogP contribution in [-0.4, -0.2) is 37.7 Å². The minimum atomic E-state index is -0.00442. The van der Waals surface area contributed by atoms with Gasteiger partial charge in [-0.1, -0.05) is 18.2 Å². The third-order valence-corrected chi connectivity index (χ3v) is 5.41. The van der Waals surface area contributed by atoms with Crippen molar-refractivity contribution < 1.29 is 18.7 Å². The molecule has 1 aromatic heterocycles. The molecule has 1 aliphatic rings. The largest absolute Gasteiger partial charge is 0.493 e. The van der Waals surface area contributed by atoms with E-state index >= 15 is 0 Å². The van der Waals surface area contributed by atoms with Crippen LogP contribution in [0.4, 0.5) is 6.01 Å². The van der Waals surface area contributed by atoms with Crippen molar-refractivity contribution in [2.24, 2.45) is 5.92 Å². The molecule has 2 aromatic carbocycles. The molecule has 0 radical (unpaired) electrons. The Labute approximate surface area is 176 Å². The summed E-state index contributed by atoms with van der Waals surface area (Å²) in [5.41, 5.74) is 2.63. The van der Waals surface area contributed by atoms with Gasteiger partial charge in [0.2, 0.25) is 5.91 Å². The molecule has 30 heavy (non-hydrogen) atoms. The predicted octanol–water partition coefficient (Wildman–Crippen LogP) is 3.77. The molecule has 0 aliphatic carbocycles. The first-order valence-electron chi connectivity index (χ1n) is 10.4. The smallest absolute Gasteiger partial charge is 0.298 e. The van der Waals surface area contributed by atoms with Crippen LogP contribution in [0, 0.1) is 5.92 Å². The number of carbonyl (C=O) groups is 1. The van der Waals surface area contributed by atoms with E-state index in [2.05, 4.69) is 15.2 Å². The highest BCUT2D eigenvalue weighted by molar-refractivity contribution is 5.79. The molecule has 0 atom stereocenters. The van der Waals surface area contributed by atoms with Gasteiger partial charge in [0.05, 0.1) is 13.7 Å². The molecule has 0 saturated carbocycles. The van der Waals surface area contributed by atoms with E-state index in [0.717, 1.165) is 42.6 Å². The molecule has 0 unspecified atom stereocenters. The van der Waals surface area contributed by atoms with Gasteiger partial charge in [-0.25, -0.2) is 0 Å². The highest BCUT2D eigenvalue weighted by Gasteiger charge is 2.27. The van der Waals surface area contributed by atoms with E-state index < -0.39 is 0 Å². The number of ether oxygens (including phenoxy) is 2. The second-order valence-electron chi connectivity index (χ2n) is 7.36. The van der Waals surface area contributed by atoms with E-state index in [-0.39, 0.29) is 11.8 Å². The second-order valence-corrected chi connectivity index (χ2v) is 7.36. The fourth-order valence-corrected chi connectivity index (χ4v) is 3.76. The van der Waals surface area contributed by atoms with Gasteiger partial charge in [-0.05, 0) is 49.6 Å². The van der Waals surface area contributed by atoms with Crippen molar-refractivity contribution in [1.82, 2.24) is 10.3 Å². The van der Waals surface area contributed by atoms with Crippen LogP contribution in [0.15, 0.2) is 46.9 Å². The summed E-state index contributed by atoms with van der Waals surface area (Å²) >= 11 is 0. The van der Waals surface area contributed by atoms with Crippen LogP contribution < -0.4 is 19.7 Å². The number of anilines is 1. The Balaban J connectivity index is 1.30. The highest BCUT2D eigenvalue weighted by atomic mass is 16.5. The van der Waals surface area contributed by atoms with Gasteiger partial charge in [-0.3, -0.25) is 4.79 Å². The minimum absolute atomic E-state index is 0.00442. The third kappa shape index (κ3) is 4.35. The summed E-state index contributed by atoms with van der Waals surface area (Å²) < 4.78 is 16.8. The number of hydrogen-bond acceptors (Lipinski definition) is 6. The first kappa shape index (κ1) is 20.1. The number of nitrogens with one attached hydrogen (secondary N) is 1. The van der Waals surface area contributed by atoms with E-state index in [9.17, 15) is 4.79 Å². The van der Waals surface area contributed by atoms with Gasteiger partial charge in [0, 0.05) is 25.6 Å². The average Bonchev–Trinajstić information content (AvgIpc) is 3.23. The lowest BCUT2D eigenvalue weighted by molar-refractivity contribution is -0.125. The number of carbonyl (C=O) groups excluding carboxylic acids is 1. The van der Waals surface area contributed by atoms with E-state index in [4.69, 9.17) is 13.9 Å². The van der Waals surface area contributed by atoms with Gasteiger partial charge in [0.1, 0.15) is 5.52 Å². The maximum Gasteiger partial charge on any atom is 0.298 e. The number of para-hydroxylation sites is 2. The molecule has 1 amide bonds. The maximum absolute atomic E-state index is 12.7. The normalized spacial score (nSPS) is 14.7. The SMILES string of the molecule is CCOc1ccc(CNC(=O)C2CCN(c3nc4ccccc4o3)CC2)cc1OC. The number of methoxy groups -OCH3 is 1. The summed E-state index contributed by atoms with van der Waals surface area (Å²) in [5.74, 6) is 1.46. The first-order valence-corrected chi connectivity index (χ1v) is 10.4. The lowest BCUT2D eigenvalue weighted by atomic mass is 9.96. The number of benzene rings is 2. The molecule has 0 spiro atoms. The number of fused-ring (bicyclic) bond motifs is 1. The van der Waals surface area contributed by atoms with Gasteiger partial charge < -0.3 is 24.1 Å². The van der Waals surface area contributed by atoms with Gasteiger partial charge in [-0.15, -0.1) is 0 Å². The molecule has 0 bridgehead atoms. The minimum Gasteiger partial charge on any atom is -0.493 e. The third-order valence-electron chi connectivity index (χ3n) is 5.41. The molecular weight excluding hydrogens is 382 g/mol. The van der Waals surface area contributed by atoms with Crippen molar-refractivity contribution >= 4 is 23.0 Å². The molecule has 158 valence electrons. The molecule has 1 N–H and O–H groups in total. The van der Waals surface area contributed by atoms with Crippen LogP contribution in [0.25, 0.3) is 11.1 Å². The van der Waals surface area contributed by atoms with Crippen molar-refractivity contribution in [2.45, 2.75) is 26.3 Å². The van der Waals surface area contributed by atoms with Crippen molar-refractivity contribution in [3.05, 3.63) is 48.0 Å². The average molecular weight is 409 g/mol. The number of oxazole rings is 1. The van der Waals surface area contributed by atoms with Crippen molar-refractivity contribution in [3.8, 4) is 11.5 Å². The number of hydrogen-bond donors (Lipinski definition) is 1. The summed E-state index contributed by atoms with van der Waals surface area (Å²) in [6, 6.07) is 14.1. The van der Waals surface area contributed by atoms with Crippen LogP contribution >= 0.6 is 0 Å². The quantitative estimate of drug-likeness (QED) is 0.640. The van der Waals surface area contributed by atoms with E-state index in [1.165, 1.54) is 0 Å². The number of rotatable bonds is 7. The van der Waals surface area contributed by atoms with Crippen LogP contribution in [0.5, 0.6) is 11.5 Å². The Morgan fingerprint density at radius 3 is 2.73 bits per heavy atom. The van der Waals surface area contributed by atoms with E-state index in [0.29, 0.717) is 30.7 Å². The molecular formula is C23H27N3O4. The van der Waals surface area contributed by atoms with Crippen LogP contribution in [0.1, 0.15) is 25.3 Å². The zero-order chi connectivity index (χ0) is 20.9. The Bertz CT molecular complexity index is 976. The van der Waals surface area contributed by atoms with Crippen molar-refractivity contribution in [3.63, 3.8) is 0 Å². The van der Waals surface area contributed by atoms with Gasteiger partial charge in [0.15, 0.2) is 17.1 Å². The van der Waals surface area contributed by atoms with Crippen LogP contribution in [0.2, 0.25) is 0 Å². The second kappa shape index (κ2) is 9.07. The highest BCUT2D eigenvalue weighted by Crippen LogP contribution is 2.29. The Morgan fingerprint density at radius 2 is 2.00 bits per heavy atom. The molecule has 7 nitrogen and oxygen atoms in total. The molecule has 3 aromatic rings. The lowest BCUT2D eigenvalue weighted by Crippen LogP contribution is -2.40. The van der Waals surface area contributed by atoms with Crippen molar-refractivity contribution in [1.29, 1.82) is 0 Å². The van der Waals surface area contributed by atoms with Crippen molar-refractivity contribution in [2.75, 3.05) is 31.7 Å². The Hall–Kier alpha value is -3.22. The van der Waals surface area contributed by atoms with Gasteiger partial charge >= 0.3 is 0 Å². The zero-order valence-corrected chi connectivity index (χ0v) is 17.4. The fourth-order valence-electron chi connectivity index (χ4n) is 3.76. The molecule has 1 aliphatic heterocycles. The summed E-state index contributed by atoms with van der Waals surface area (Å²) in [5, 5.41) is 3.05. The summed E-state index contributed by atoms with van der Waals surface area (Å²) in [6.07, 6.45) is 1.55. The van der Waals surface area contributed by atoms with Gasteiger partial charge in [0.25, 0.3) is 6.01 Å². The number of nitrogens with zero attached hydrogens (tertiary/aromatic N) is 2. The predicted molar refractivity (Wildman–Crippen MR) is 115 cm³/mol. The zero-order valence-electron chi connectivity index (χ0n) is 17.4. The van der Waals surface area contributed by atoms with E-state index in [1.54, 1.807) is 7.11 Å². The first-order chi connectivity index (χ1) is 14.7. The van der Waals surface area contributed by atoms with Crippen LogP contribution in [-0.2, 0) is 11.3 Å². The number of piperidine rings is 1. The fraction of sp³-hybridized carbons (Fsp3) is 0.391. The number of aromatic nitrogens is 1. The number of amides is 1. The summed E-state index contributed by atoms with van der Waals surface area (Å²) in [6.45, 7) is 4.48. The maximum atomic E-state index is 12.7. The molecule has 4 rings (SSSR count). The summed E-state index contributed by atoms with van der Waals surface area (Å²) in [7, 11) is 1.62. The molecule has 1 fully saturated rings. The van der Waals surface area contributed by atoms with Crippen LogP contribution in [0.3, 0.4) is 0 Å². The monoisotopic (exact) mass is 409 g/mol. The van der Waals surface area contributed by atoms with Gasteiger partial charge in [-0.2, -0.15) is 4.98 Å². The standard InChI is InChI=1S/C23H27N3O4/c1-3-29-20-9-8-16(14-21(20)28-2)15-24-22(27)17-10-12-26(13-11-17)23-25-18-6-4-5-7-19(18)30-23/h4-9,14,17H,3,10-13,15H2,1-2H3,(H,24,27). The molecule has 1 saturated heterocycles. The topological polar surface area (TPSA) is 76.8 Å². The molecule has 7 heteroatoms. The summed E-state index contributed by atoms with van der Waals surface area (Å²) in [4.78, 5) is 19.3.